The largest absolute Gasteiger partial charge is 0.369 e. The number of quaternary nitrogens is 1. The maximum atomic E-state index is 12.2. The van der Waals surface area contributed by atoms with Crippen molar-refractivity contribution in [3.8, 4) is 0 Å². The van der Waals surface area contributed by atoms with Crippen molar-refractivity contribution in [1.82, 2.24) is 9.80 Å². The second-order valence-electron chi connectivity index (χ2n) is 6.06. The molecule has 0 bridgehead atoms. The lowest BCUT2D eigenvalue weighted by atomic mass is 9.96. The molecule has 2 rings (SSSR count). The second-order valence-corrected chi connectivity index (χ2v) is 7.67. The van der Waals surface area contributed by atoms with Crippen LogP contribution in [0.1, 0.15) is 12.8 Å². The third-order valence-electron chi connectivity index (χ3n) is 4.44. The normalized spacial score (nSPS) is 21.0. The lowest BCUT2D eigenvalue weighted by molar-refractivity contribution is -0.883. The Bertz CT molecular complexity index is 431. The number of amides is 2. The first kappa shape index (κ1) is 17.5. The molecular formula is C14H25N4O2S2+. The van der Waals surface area contributed by atoms with Crippen molar-refractivity contribution in [2.24, 2.45) is 11.7 Å². The summed E-state index contributed by atoms with van der Waals surface area (Å²) in [7, 11) is 2.19. The molecule has 8 heteroatoms. The van der Waals surface area contributed by atoms with E-state index in [0.717, 1.165) is 30.5 Å². The Morgan fingerprint density at radius 1 is 1.18 bits per heavy atom. The highest BCUT2D eigenvalue weighted by Crippen LogP contribution is 2.18. The molecule has 2 aliphatic rings. The fourth-order valence-electron chi connectivity index (χ4n) is 2.79. The molecule has 2 heterocycles. The zero-order valence-electron chi connectivity index (χ0n) is 13.0. The molecule has 124 valence electrons. The molecule has 0 aromatic carbocycles. The molecule has 0 saturated carbocycles. The number of nitrogens with zero attached hydrogens (tertiary/aromatic N) is 2. The van der Waals surface area contributed by atoms with Crippen molar-refractivity contribution in [1.29, 1.82) is 0 Å². The first-order chi connectivity index (χ1) is 10.5. The number of likely N-dealkylation sites (tertiary alicyclic amines) is 1. The van der Waals surface area contributed by atoms with Crippen LogP contribution in [0.15, 0.2) is 0 Å². The first-order valence-corrected chi connectivity index (χ1v) is 9.17. The summed E-state index contributed by atoms with van der Waals surface area (Å²) >= 11 is 6.89. The molecule has 0 atom stereocenters. The van der Waals surface area contributed by atoms with Gasteiger partial charge >= 0.3 is 0 Å². The van der Waals surface area contributed by atoms with Gasteiger partial charge in [-0.1, -0.05) is 24.0 Å². The molecule has 0 aromatic rings. The lowest BCUT2D eigenvalue weighted by Crippen LogP contribution is -3.12. The third kappa shape index (κ3) is 4.82. The number of rotatable bonds is 3. The van der Waals surface area contributed by atoms with Crippen LogP contribution in [0.5, 0.6) is 0 Å². The molecule has 2 saturated heterocycles. The predicted octanol–water partition coefficient (Wildman–Crippen LogP) is -1.44. The Morgan fingerprint density at radius 3 is 2.32 bits per heavy atom. The Kier molecular flexibility index (Phi) is 6.46. The van der Waals surface area contributed by atoms with Gasteiger partial charge < -0.3 is 20.4 Å². The molecule has 6 nitrogen and oxygen atoms in total. The van der Waals surface area contributed by atoms with Crippen molar-refractivity contribution in [3.05, 3.63) is 0 Å². The lowest BCUT2D eigenvalue weighted by Gasteiger charge is -2.32. The number of piperidine rings is 1. The van der Waals surface area contributed by atoms with Gasteiger partial charge in [0.15, 0.2) is 0 Å². The summed E-state index contributed by atoms with van der Waals surface area (Å²) in [5, 5.41) is 0. The number of nitrogens with two attached hydrogens (primary N) is 1. The second kappa shape index (κ2) is 8.12. The zero-order chi connectivity index (χ0) is 16.1. The van der Waals surface area contributed by atoms with E-state index in [1.165, 1.54) is 16.7 Å². The number of carbonyl (C=O) groups is 2. The Morgan fingerprint density at radius 2 is 1.77 bits per heavy atom. The molecule has 22 heavy (non-hydrogen) atoms. The van der Waals surface area contributed by atoms with Crippen LogP contribution in [0.2, 0.25) is 0 Å². The van der Waals surface area contributed by atoms with E-state index in [-0.39, 0.29) is 17.7 Å². The van der Waals surface area contributed by atoms with Crippen LogP contribution in [0, 0.1) is 5.92 Å². The number of primary amides is 1. The van der Waals surface area contributed by atoms with Gasteiger partial charge in [-0.05, 0) is 12.8 Å². The van der Waals surface area contributed by atoms with E-state index in [1.807, 2.05) is 4.90 Å². The van der Waals surface area contributed by atoms with Crippen LogP contribution in [-0.4, -0.2) is 78.0 Å². The third-order valence-corrected chi connectivity index (χ3v) is 5.95. The zero-order valence-corrected chi connectivity index (χ0v) is 14.7. The van der Waals surface area contributed by atoms with Gasteiger partial charge in [0.2, 0.25) is 11.8 Å². The maximum absolute atomic E-state index is 12.2. The smallest absolute Gasteiger partial charge is 0.233 e. The number of thioether (sulfide) groups is 1. The summed E-state index contributed by atoms with van der Waals surface area (Å²) in [5.41, 5.74) is 5.31. The van der Waals surface area contributed by atoms with Crippen LogP contribution >= 0.6 is 24.0 Å². The Hall–Kier alpha value is -0.860. The minimum Gasteiger partial charge on any atom is -0.369 e. The van der Waals surface area contributed by atoms with Crippen molar-refractivity contribution in [3.63, 3.8) is 0 Å². The van der Waals surface area contributed by atoms with Gasteiger partial charge in [0.25, 0.3) is 0 Å². The van der Waals surface area contributed by atoms with Gasteiger partial charge in [-0.15, -0.1) is 0 Å². The van der Waals surface area contributed by atoms with Crippen molar-refractivity contribution < 1.29 is 14.5 Å². The standard InChI is InChI=1S/C14H24N4O2S2/c1-16-6-8-18(9-7-16)14(21)22-10-12(19)17-4-2-11(3-5-17)13(15)20/h11H,2-10H2,1H3,(H2,15,20)/p+1. The summed E-state index contributed by atoms with van der Waals surface area (Å²) in [6.45, 7) is 5.37. The number of nitrogens with one attached hydrogen (secondary N) is 1. The predicted molar refractivity (Wildman–Crippen MR) is 91.7 cm³/mol. The monoisotopic (exact) mass is 345 g/mol. The van der Waals surface area contributed by atoms with E-state index in [2.05, 4.69) is 11.9 Å². The van der Waals surface area contributed by atoms with E-state index < -0.39 is 0 Å². The number of likely N-dealkylation sites (N-methyl/N-ethyl adjacent to an activating group) is 1. The molecule has 0 aromatic heterocycles. The van der Waals surface area contributed by atoms with Gasteiger partial charge in [0.1, 0.15) is 4.32 Å². The van der Waals surface area contributed by atoms with Crippen LogP contribution < -0.4 is 10.6 Å². The topological polar surface area (TPSA) is 71.1 Å². The number of hydrogen-bond acceptors (Lipinski definition) is 4. The fraction of sp³-hybridized carbons (Fsp3) is 0.786. The number of thiocarbonyl (C=S) groups is 1. The van der Waals surface area contributed by atoms with E-state index in [9.17, 15) is 9.59 Å². The van der Waals surface area contributed by atoms with Crippen LogP contribution in [0.3, 0.4) is 0 Å². The SMILES string of the molecule is C[NH+]1CCN(C(=S)SCC(=O)N2CCC(C(N)=O)CC2)CC1. The van der Waals surface area contributed by atoms with Crippen molar-refractivity contribution >= 4 is 40.1 Å². The summed E-state index contributed by atoms with van der Waals surface area (Å²) < 4.78 is 0.827. The molecule has 2 amide bonds. The summed E-state index contributed by atoms with van der Waals surface area (Å²) in [6, 6.07) is 0. The minimum absolute atomic E-state index is 0.0781. The fourth-order valence-corrected chi connectivity index (χ4v) is 3.94. The average molecular weight is 346 g/mol. The van der Waals surface area contributed by atoms with Crippen LogP contribution in [-0.2, 0) is 9.59 Å². The van der Waals surface area contributed by atoms with Crippen molar-refractivity contribution in [2.45, 2.75) is 12.8 Å². The highest BCUT2D eigenvalue weighted by Gasteiger charge is 2.26. The molecule has 0 radical (unpaired) electrons. The molecule has 2 aliphatic heterocycles. The van der Waals surface area contributed by atoms with Gasteiger partial charge in [-0.2, -0.15) is 0 Å². The van der Waals surface area contributed by atoms with E-state index in [0.29, 0.717) is 31.7 Å². The highest BCUT2D eigenvalue weighted by atomic mass is 32.2. The van der Waals surface area contributed by atoms with Gasteiger partial charge in [0, 0.05) is 19.0 Å². The minimum atomic E-state index is -0.250. The molecule has 0 unspecified atom stereocenters. The first-order valence-electron chi connectivity index (χ1n) is 7.77. The highest BCUT2D eigenvalue weighted by molar-refractivity contribution is 8.23. The van der Waals surface area contributed by atoms with Crippen LogP contribution in [0.4, 0.5) is 0 Å². The van der Waals surface area contributed by atoms with Crippen molar-refractivity contribution in [2.75, 3.05) is 52.1 Å². The summed E-state index contributed by atoms with van der Waals surface area (Å²) in [5.74, 6) is 0.166. The molecule has 0 spiro atoms. The Labute approximate surface area is 141 Å². The number of piperazine rings is 1. The quantitative estimate of drug-likeness (QED) is 0.613. The average Bonchev–Trinajstić information content (AvgIpc) is 2.53. The van der Waals surface area contributed by atoms with Gasteiger partial charge in [0.05, 0.1) is 39.0 Å². The molecule has 3 N–H and O–H groups in total. The van der Waals surface area contributed by atoms with E-state index in [4.69, 9.17) is 18.0 Å². The Balaban J connectivity index is 1.69. The van der Waals surface area contributed by atoms with Gasteiger partial charge in [-0.25, -0.2) is 0 Å². The summed E-state index contributed by atoms with van der Waals surface area (Å²) in [6.07, 6.45) is 1.36. The molecule has 0 aliphatic carbocycles. The molecule has 2 fully saturated rings. The summed E-state index contributed by atoms with van der Waals surface area (Å²) in [4.78, 5) is 28.9. The maximum Gasteiger partial charge on any atom is 0.233 e. The van der Waals surface area contributed by atoms with Gasteiger partial charge in [-0.3, -0.25) is 9.59 Å². The molecular weight excluding hydrogens is 320 g/mol. The van der Waals surface area contributed by atoms with E-state index >= 15 is 0 Å². The van der Waals surface area contributed by atoms with E-state index in [1.54, 1.807) is 0 Å². The van der Waals surface area contributed by atoms with Crippen LogP contribution in [0.25, 0.3) is 0 Å². The number of hydrogen-bond donors (Lipinski definition) is 2. The number of carbonyl (C=O) groups excluding carboxylic acids is 2.